The highest BCUT2D eigenvalue weighted by molar-refractivity contribution is 5.67. The van der Waals surface area contributed by atoms with Gasteiger partial charge in [-0.05, 0) is 18.2 Å². The lowest BCUT2D eigenvalue weighted by Crippen LogP contribution is -2.24. The van der Waals surface area contributed by atoms with Crippen LogP contribution in [-0.4, -0.2) is 19.8 Å². The number of hydrogen-bond acceptors (Lipinski definition) is 2. The third kappa shape index (κ3) is 3.60. The molecular weight excluding hydrogens is 224 g/mol. The average molecular weight is 236 g/mol. The van der Waals surface area contributed by atoms with Gasteiger partial charge >= 0.3 is 6.18 Å². The number of benzene rings is 1. The van der Waals surface area contributed by atoms with Crippen LogP contribution in [0.15, 0.2) is 18.2 Å². The van der Waals surface area contributed by atoms with Gasteiger partial charge in [-0.25, -0.2) is 4.39 Å². The lowest BCUT2D eigenvalue weighted by atomic mass is 10.2. The van der Waals surface area contributed by atoms with Crippen LogP contribution in [-0.2, 0) is 0 Å². The van der Waals surface area contributed by atoms with Crippen LogP contribution in [0.1, 0.15) is 6.42 Å². The quantitative estimate of drug-likeness (QED) is 0.646. The molecule has 0 aliphatic rings. The Bertz CT molecular complexity index is 362. The zero-order chi connectivity index (χ0) is 12.3. The van der Waals surface area contributed by atoms with Crippen molar-refractivity contribution in [2.45, 2.75) is 12.6 Å². The predicted molar refractivity (Wildman–Crippen MR) is 54.8 cm³/mol. The number of alkyl halides is 3. The molecule has 0 amide bonds. The molecule has 2 N–H and O–H groups in total. The van der Waals surface area contributed by atoms with E-state index < -0.39 is 18.4 Å². The van der Waals surface area contributed by atoms with Gasteiger partial charge in [0.15, 0.2) is 0 Å². The van der Waals surface area contributed by atoms with E-state index in [-0.39, 0.29) is 12.2 Å². The fraction of sp³-hybridized carbons (Fsp3) is 0.400. The standard InChI is InChI=1S/C10H12F4N2/c1-16(5-4-10(12,13)14)9-3-2-7(11)6-8(9)15/h2-3,6H,4-5,15H2,1H3. The number of hydrogen-bond donors (Lipinski definition) is 1. The van der Waals surface area contributed by atoms with Crippen molar-refractivity contribution in [1.29, 1.82) is 0 Å². The van der Waals surface area contributed by atoms with Crippen LogP contribution in [0.3, 0.4) is 0 Å². The van der Waals surface area contributed by atoms with Crippen molar-refractivity contribution < 1.29 is 17.6 Å². The van der Waals surface area contributed by atoms with Crippen molar-refractivity contribution in [2.75, 3.05) is 24.2 Å². The van der Waals surface area contributed by atoms with Crippen LogP contribution in [0.5, 0.6) is 0 Å². The van der Waals surface area contributed by atoms with Gasteiger partial charge in [0.1, 0.15) is 5.82 Å². The third-order valence-corrected chi connectivity index (χ3v) is 2.13. The normalized spacial score (nSPS) is 11.6. The molecule has 0 unspecified atom stereocenters. The van der Waals surface area contributed by atoms with Gasteiger partial charge in [0.25, 0.3) is 0 Å². The first kappa shape index (κ1) is 12.6. The fourth-order valence-electron chi connectivity index (χ4n) is 1.29. The number of rotatable bonds is 3. The molecule has 90 valence electrons. The van der Waals surface area contributed by atoms with Crippen molar-refractivity contribution in [3.8, 4) is 0 Å². The van der Waals surface area contributed by atoms with Crippen LogP contribution in [0.25, 0.3) is 0 Å². The second kappa shape index (κ2) is 4.59. The highest BCUT2D eigenvalue weighted by Gasteiger charge is 2.27. The number of nitrogen functional groups attached to an aromatic ring is 1. The summed E-state index contributed by atoms with van der Waals surface area (Å²) in [5, 5.41) is 0. The van der Waals surface area contributed by atoms with E-state index in [4.69, 9.17) is 5.73 Å². The molecule has 0 heterocycles. The van der Waals surface area contributed by atoms with E-state index in [0.717, 1.165) is 12.1 Å². The Morgan fingerprint density at radius 1 is 1.31 bits per heavy atom. The highest BCUT2D eigenvalue weighted by Crippen LogP contribution is 2.25. The minimum absolute atomic E-state index is 0.129. The van der Waals surface area contributed by atoms with Crippen molar-refractivity contribution in [3.63, 3.8) is 0 Å². The number of nitrogens with zero attached hydrogens (tertiary/aromatic N) is 1. The Hall–Kier alpha value is -1.46. The zero-order valence-electron chi connectivity index (χ0n) is 8.68. The van der Waals surface area contributed by atoms with Crippen LogP contribution < -0.4 is 10.6 Å². The molecule has 0 aliphatic heterocycles. The van der Waals surface area contributed by atoms with E-state index in [1.54, 1.807) is 0 Å². The first-order valence-electron chi connectivity index (χ1n) is 4.62. The Morgan fingerprint density at radius 2 is 1.94 bits per heavy atom. The van der Waals surface area contributed by atoms with E-state index in [1.807, 2.05) is 0 Å². The molecule has 1 rings (SSSR count). The van der Waals surface area contributed by atoms with Gasteiger partial charge in [0, 0.05) is 13.6 Å². The van der Waals surface area contributed by atoms with Crippen molar-refractivity contribution in [3.05, 3.63) is 24.0 Å². The van der Waals surface area contributed by atoms with Crippen LogP contribution >= 0.6 is 0 Å². The van der Waals surface area contributed by atoms with E-state index in [0.29, 0.717) is 5.69 Å². The molecule has 6 heteroatoms. The lowest BCUT2D eigenvalue weighted by Gasteiger charge is -2.21. The number of anilines is 2. The second-order valence-electron chi connectivity index (χ2n) is 3.49. The average Bonchev–Trinajstić information content (AvgIpc) is 2.13. The van der Waals surface area contributed by atoms with Crippen LogP contribution in [0, 0.1) is 5.82 Å². The maximum atomic E-state index is 12.7. The summed E-state index contributed by atoms with van der Waals surface area (Å²) in [6, 6.07) is 3.61. The van der Waals surface area contributed by atoms with E-state index in [2.05, 4.69) is 0 Å². The van der Waals surface area contributed by atoms with Crippen molar-refractivity contribution >= 4 is 11.4 Å². The summed E-state index contributed by atoms with van der Waals surface area (Å²) >= 11 is 0. The summed E-state index contributed by atoms with van der Waals surface area (Å²) in [7, 11) is 1.48. The van der Waals surface area contributed by atoms with Crippen molar-refractivity contribution in [1.82, 2.24) is 0 Å². The molecule has 1 aromatic rings. The number of halogens is 4. The molecule has 1 aromatic carbocycles. The monoisotopic (exact) mass is 236 g/mol. The molecule has 0 saturated heterocycles. The molecule has 16 heavy (non-hydrogen) atoms. The van der Waals surface area contributed by atoms with Crippen molar-refractivity contribution in [2.24, 2.45) is 0 Å². The van der Waals surface area contributed by atoms with E-state index in [9.17, 15) is 17.6 Å². The maximum absolute atomic E-state index is 12.7. The van der Waals surface area contributed by atoms with Crippen LogP contribution in [0.2, 0.25) is 0 Å². The van der Waals surface area contributed by atoms with Gasteiger partial charge in [-0.2, -0.15) is 13.2 Å². The largest absolute Gasteiger partial charge is 0.397 e. The smallest absolute Gasteiger partial charge is 0.390 e. The topological polar surface area (TPSA) is 29.3 Å². The molecule has 2 nitrogen and oxygen atoms in total. The molecule has 0 radical (unpaired) electrons. The van der Waals surface area contributed by atoms with Crippen LogP contribution in [0.4, 0.5) is 28.9 Å². The lowest BCUT2D eigenvalue weighted by molar-refractivity contribution is -0.132. The third-order valence-electron chi connectivity index (χ3n) is 2.13. The van der Waals surface area contributed by atoms with E-state index in [1.165, 1.54) is 18.0 Å². The molecule has 0 fully saturated rings. The minimum atomic E-state index is -4.21. The Kier molecular flexibility index (Phi) is 3.62. The molecule has 0 aromatic heterocycles. The van der Waals surface area contributed by atoms with Gasteiger partial charge in [0.05, 0.1) is 17.8 Å². The molecule has 0 atom stereocenters. The fourth-order valence-corrected chi connectivity index (χ4v) is 1.29. The van der Waals surface area contributed by atoms with Gasteiger partial charge in [0.2, 0.25) is 0 Å². The summed E-state index contributed by atoms with van der Waals surface area (Å²) in [6.07, 6.45) is -5.14. The Balaban J connectivity index is 2.70. The highest BCUT2D eigenvalue weighted by atomic mass is 19.4. The van der Waals surface area contributed by atoms with Gasteiger partial charge < -0.3 is 10.6 Å². The minimum Gasteiger partial charge on any atom is -0.397 e. The Morgan fingerprint density at radius 3 is 2.44 bits per heavy atom. The van der Waals surface area contributed by atoms with Gasteiger partial charge in [-0.3, -0.25) is 0 Å². The molecular formula is C10H12F4N2. The zero-order valence-corrected chi connectivity index (χ0v) is 8.68. The molecule has 0 spiro atoms. The van der Waals surface area contributed by atoms with Gasteiger partial charge in [-0.1, -0.05) is 0 Å². The SMILES string of the molecule is CN(CCC(F)(F)F)c1ccc(F)cc1N. The molecule has 0 bridgehead atoms. The molecule has 0 saturated carbocycles. The predicted octanol–water partition coefficient (Wildman–Crippen LogP) is 2.80. The first-order chi connectivity index (χ1) is 7.29. The molecule has 0 aliphatic carbocycles. The summed E-state index contributed by atoms with van der Waals surface area (Å²) in [6.45, 7) is -0.209. The summed E-state index contributed by atoms with van der Waals surface area (Å²) < 4.78 is 48.6. The summed E-state index contributed by atoms with van der Waals surface area (Å²) in [5.74, 6) is -0.509. The first-order valence-corrected chi connectivity index (χ1v) is 4.62. The number of nitrogens with two attached hydrogens (primary N) is 1. The maximum Gasteiger partial charge on any atom is 0.390 e. The summed E-state index contributed by atoms with van der Waals surface area (Å²) in [5.41, 5.74) is 6.02. The summed E-state index contributed by atoms with van der Waals surface area (Å²) in [4.78, 5) is 1.35. The second-order valence-corrected chi connectivity index (χ2v) is 3.49. The van der Waals surface area contributed by atoms with E-state index >= 15 is 0 Å². The van der Waals surface area contributed by atoms with Gasteiger partial charge in [-0.15, -0.1) is 0 Å². The Labute approximate surface area is 90.7 Å².